The van der Waals surface area contributed by atoms with E-state index in [4.69, 9.17) is 9.47 Å². The average molecular weight is 770 g/mol. The van der Waals surface area contributed by atoms with Crippen LogP contribution in [0.4, 0.5) is 0 Å². The van der Waals surface area contributed by atoms with Crippen LogP contribution in [0.2, 0.25) is 0 Å². The van der Waals surface area contributed by atoms with Gasteiger partial charge in [-0.1, -0.05) is 140 Å². The van der Waals surface area contributed by atoms with Crippen molar-refractivity contribution in [1.29, 1.82) is 0 Å². The van der Waals surface area contributed by atoms with E-state index in [-0.39, 0.29) is 23.0 Å². The van der Waals surface area contributed by atoms with Crippen molar-refractivity contribution in [1.82, 2.24) is 4.57 Å². The minimum absolute atomic E-state index is 0.00689. The highest BCUT2D eigenvalue weighted by Gasteiger charge is 2.43. The van der Waals surface area contributed by atoms with Gasteiger partial charge in [-0.15, -0.1) is 11.3 Å². The molecule has 4 heterocycles. The van der Waals surface area contributed by atoms with E-state index in [9.17, 15) is 0 Å². The molecule has 0 saturated heterocycles. The van der Waals surface area contributed by atoms with Gasteiger partial charge in [0, 0.05) is 59.5 Å². The average Bonchev–Trinajstić information content (AvgIpc) is 3.82. The third-order valence-electron chi connectivity index (χ3n) is 13.4. The van der Waals surface area contributed by atoms with Crippen LogP contribution in [0.3, 0.4) is 0 Å². The van der Waals surface area contributed by atoms with Crippen molar-refractivity contribution in [2.24, 2.45) is 0 Å². The fraction of sp³-hybridized carbons (Fsp3) is 0.208. The lowest BCUT2D eigenvalue weighted by Crippen LogP contribution is -2.57. The molecule has 282 valence electrons. The molecule has 3 nitrogen and oxygen atoms in total. The standard InChI is InChI=1S/C53H44BNO2S/c1-51(2,3)29-21-23-39-36(25-29)54-37-26-30(52(4,5)6)22-24-40(37)57-42-28-31(27-41(56-39)48(42)54)55-38-19-13-10-16-33(38)44-47-45(32-15-9-12-18-35(32)53(47,7)8)50-46(49(44)55)34-17-11-14-20-43(34)58-50/h9-28H,1-8H3. The van der Waals surface area contributed by atoms with E-state index >= 15 is 0 Å². The number of hydrogen-bond donors (Lipinski definition) is 0. The Morgan fingerprint density at radius 2 is 1.19 bits per heavy atom. The van der Waals surface area contributed by atoms with E-state index in [1.165, 1.54) is 86.3 Å². The monoisotopic (exact) mass is 769 g/mol. The lowest BCUT2D eigenvalue weighted by atomic mass is 9.34. The lowest BCUT2D eigenvalue weighted by Gasteiger charge is -2.35. The predicted octanol–water partition coefficient (Wildman–Crippen LogP) is 12.8. The molecule has 7 aromatic carbocycles. The van der Waals surface area contributed by atoms with Crippen LogP contribution in [0.5, 0.6) is 23.0 Å². The maximum absolute atomic E-state index is 7.07. The molecule has 5 heteroatoms. The second-order valence-electron chi connectivity index (χ2n) is 19.3. The zero-order valence-electron chi connectivity index (χ0n) is 34.3. The minimum atomic E-state index is -0.198. The molecule has 12 rings (SSSR count). The fourth-order valence-corrected chi connectivity index (χ4v) is 11.8. The first-order valence-corrected chi connectivity index (χ1v) is 21.4. The van der Waals surface area contributed by atoms with Crippen LogP contribution in [0, 0.1) is 0 Å². The maximum Gasteiger partial charge on any atom is 0.260 e. The van der Waals surface area contributed by atoms with Crippen LogP contribution in [-0.2, 0) is 16.2 Å². The molecule has 0 N–H and O–H groups in total. The molecule has 2 aliphatic heterocycles. The summed E-state index contributed by atoms with van der Waals surface area (Å²) in [7, 11) is 0. The van der Waals surface area contributed by atoms with Crippen molar-refractivity contribution in [3.8, 4) is 39.8 Å². The Labute approximate surface area is 343 Å². The van der Waals surface area contributed by atoms with Crippen molar-refractivity contribution in [3.63, 3.8) is 0 Å². The summed E-state index contributed by atoms with van der Waals surface area (Å²) in [6.45, 7) is 18.5. The molecule has 0 atom stereocenters. The van der Waals surface area contributed by atoms with E-state index in [1.807, 2.05) is 11.3 Å². The Bertz CT molecular complexity index is 3210. The van der Waals surface area contributed by atoms with E-state index in [2.05, 4.69) is 181 Å². The molecule has 0 fully saturated rings. The maximum atomic E-state index is 7.07. The van der Waals surface area contributed by atoms with E-state index < -0.39 is 0 Å². The van der Waals surface area contributed by atoms with Crippen LogP contribution in [-0.4, -0.2) is 11.3 Å². The van der Waals surface area contributed by atoms with Crippen LogP contribution in [0.15, 0.2) is 121 Å². The summed E-state index contributed by atoms with van der Waals surface area (Å²) in [5.74, 6) is 3.53. The summed E-state index contributed by atoms with van der Waals surface area (Å²) in [4.78, 5) is 0. The number of para-hydroxylation sites is 1. The summed E-state index contributed by atoms with van der Waals surface area (Å²) in [5.41, 5.74) is 14.9. The van der Waals surface area contributed by atoms with Gasteiger partial charge in [-0.3, -0.25) is 0 Å². The quantitative estimate of drug-likeness (QED) is 0.155. The third-order valence-corrected chi connectivity index (χ3v) is 14.6. The molecular weight excluding hydrogens is 725 g/mol. The van der Waals surface area contributed by atoms with Gasteiger partial charge in [0.2, 0.25) is 0 Å². The van der Waals surface area contributed by atoms with Gasteiger partial charge in [-0.05, 0) is 73.8 Å². The Kier molecular flexibility index (Phi) is 6.64. The smallest absolute Gasteiger partial charge is 0.260 e. The lowest BCUT2D eigenvalue weighted by molar-refractivity contribution is 0.463. The molecule has 0 spiro atoms. The van der Waals surface area contributed by atoms with E-state index in [1.54, 1.807) is 0 Å². The Hall–Kier alpha value is -5.78. The topological polar surface area (TPSA) is 23.4 Å². The molecule has 0 bridgehead atoms. The summed E-state index contributed by atoms with van der Waals surface area (Å²) >= 11 is 1.93. The van der Waals surface area contributed by atoms with Crippen LogP contribution in [0.1, 0.15) is 77.6 Å². The molecule has 2 aromatic heterocycles. The Morgan fingerprint density at radius 3 is 1.84 bits per heavy atom. The van der Waals surface area contributed by atoms with Gasteiger partial charge >= 0.3 is 0 Å². The molecule has 58 heavy (non-hydrogen) atoms. The van der Waals surface area contributed by atoms with Crippen LogP contribution >= 0.6 is 11.3 Å². The van der Waals surface area contributed by atoms with Gasteiger partial charge in [0.15, 0.2) is 0 Å². The zero-order valence-corrected chi connectivity index (χ0v) is 35.1. The summed E-state index contributed by atoms with van der Waals surface area (Å²) in [5, 5.41) is 5.19. The zero-order chi connectivity index (χ0) is 39.6. The summed E-state index contributed by atoms with van der Waals surface area (Å²) in [6.07, 6.45) is 0. The summed E-state index contributed by atoms with van der Waals surface area (Å²) < 4.78 is 19.3. The van der Waals surface area contributed by atoms with Gasteiger partial charge in [0.1, 0.15) is 23.0 Å². The van der Waals surface area contributed by atoms with E-state index in [0.29, 0.717) is 0 Å². The molecule has 3 aliphatic rings. The first-order valence-electron chi connectivity index (χ1n) is 20.6. The minimum Gasteiger partial charge on any atom is -0.458 e. The highest BCUT2D eigenvalue weighted by Crippen LogP contribution is 2.59. The van der Waals surface area contributed by atoms with Crippen LogP contribution < -0.4 is 25.9 Å². The number of hydrogen-bond acceptors (Lipinski definition) is 3. The van der Waals surface area contributed by atoms with Crippen molar-refractivity contribution in [2.45, 2.75) is 71.6 Å². The molecule has 0 saturated carbocycles. The first-order chi connectivity index (χ1) is 27.8. The van der Waals surface area contributed by atoms with Gasteiger partial charge in [0.05, 0.1) is 16.7 Å². The Morgan fingerprint density at radius 1 is 0.603 bits per heavy atom. The second-order valence-corrected chi connectivity index (χ2v) is 20.3. The van der Waals surface area contributed by atoms with Crippen molar-refractivity contribution in [3.05, 3.63) is 144 Å². The van der Waals surface area contributed by atoms with Crippen molar-refractivity contribution >= 4 is 76.4 Å². The molecule has 9 aromatic rings. The third kappa shape index (κ3) is 4.46. The normalized spacial score (nSPS) is 14.9. The SMILES string of the molecule is CC(C)(C)c1ccc2c(c1)B1c3cc(C(C)(C)C)ccc3Oc3cc(-n4c5ccccc5c5c6c(c7sc8ccccc8c7c54)-c4ccccc4C6(C)C)cc(c31)O2. The Balaban J connectivity index is 1.20. The second kappa shape index (κ2) is 11.2. The number of nitrogens with zero attached hydrogens (tertiary/aromatic N) is 1. The van der Waals surface area contributed by atoms with E-state index in [0.717, 1.165) is 34.1 Å². The van der Waals surface area contributed by atoms with Gasteiger partial charge in [0.25, 0.3) is 6.71 Å². The highest BCUT2D eigenvalue weighted by atomic mass is 32.1. The number of aromatic nitrogens is 1. The largest absolute Gasteiger partial charge is 0.458 e. The number of benzene rings is 7. The predicted molar refractivity (Wildman–Crippen MR) is 246 cm³/mol. The molecule has 0 radical (unpaired) electrons. The van der Waals surface area contributed by atoms with Gasteiger partial charge in [-0.25, -0.2) is 0 Å². The highest BCUT2D eigenvalue weighted by molar-refractivity contribution is 7.26. The fourth-order valence-electron chi connectivity index (χ4n) is 10.5. The number of rotatable bonds is 1. The molecule has 0 amide bonds. The number of fused-ring (bicyclic) bond motifs is 16. The summed E-state index contributed by atoms with van der Waals surface area (Å²) in [6, 6.07) is 45.2. The van der Waals surface area contributed by atoms with Crippen molar-refractivity contribution < 1.29 is 9.47 Å². The number of ether oxygens (including phenoxy) is 2. The molecule has 0 unspecified atom stereocenters. The van der Waals surface area contributed by atoms with Gasteiger partial charge < -0.3 is 14.0 Å². The molecular formula is C53H44BNO2S. The van der Waals surface area contributed by atoms with Gasteiger partial charge in [-0.2, -0.15) is 0 Å². The molecule has 1 aliphatic carbocycles. The first kappa shape index (κ1) is 34.3. The number of thiophene rings is 1. The van der Waals surface area contributed by atoms with Crippen molar-refractivity contribution in [2.75, 3.05) is 0 Å². The van der Waals surface area contributed by atoms with Crippen LogP contribution in [0.25, 0.3) is 58.8 Å².